The van der Waals surface area contributed by atoms with Crippen molar-refractivity contribution in [2.45, 2.75) is 19.6 Å². The molecule has 0 fully saturated rings. The molecule has 8 heteroatoms. The Hall–Kier alpha value is -3.78. The summed E-state index contributed by atoms with van der Waals surface area (Å²) in [5, 5.41) is 3.43. The van der Waals surface area contributed by atoms with Crippen molar-refractivity contribution in [1.29, 1.82) is 0 Å². The maximum atomic E-state index is 11.8. The van der Waals surface area contributed by atoms with E-state index in [1.807, 2.05) is 24.4 Å². The van der Waals surface area contributed by atoms with Crippen LogP contribution in [0.15, 0.2) is 54.9 Å². The standard InChI is InChI=1S/C22H20N6O2/c23-19(29)15-7-4-9-28-18(15)12-25-22(28)21-26-17-8-10-30-13-16(17)20(27-21)24-11-14-5-2-1-3-6-14/h1-7,9,12H,8,10-11,13H2,(H2,23,29)(H,24,26,27). The van der Waals surface area contributed by atoms with Crippen LogP contribution < -0.4 is 11.1 Å². The Kier molecular flexibility index (Phi) is 4.61. The van der Waals surface area contributed by atoms with Crippen LogP contribution in [0.25, 0.3) is 17.2 Å². The van der Waals surface area contributed by atoms with Crippen LogP contribution in [-0.2, 0) is 24.3 Å². The second-order valence-corrected chi connectivity index (χ2v) is 7.09. The topological polar surface area (TPSA) is 107 Å². The highest BCUT2D eigenvalue weighted by atomic mass is 16.5. The summed E-state index contributed by atoms with van der Waals surface area (Å²) in [5.74, 6) is 1.29. The molecule has 0 atom stereocenters. The summed E-state index contributed by atoms with van der Waals surface area (Å²) in [6, 6.07) is 13.6. The monoisotopic (exact) mass is 400 g/mol. The highest BCUT2D eigenvalue weighted by Gasteiger charge is 2.21. The smallest absolute Gasteiger partial charge is 0.250 e. The zero-order chi connectivity index (χ0) is 20.5. The van der Waals surface area contributed by atoms with Gasteiger partial charge in [0, 0.05) is 24.7 Å². The van der Waals surface area contributed by atoms with Gasteiger partial charge in [0.15, 0.2) is 11.6 Å². The number of ether oxygens (including phenoxy) is 1. The Morgan fingerprint density at radius 3 is 2.87 bits per heavy atom. The quantitative estimate of drug-likeness (QED) is 0.533. The van der Waals surface area contributed by atoms with E-state index in [0.29, 0.717) is 48.9 Å². The van der Waals surface area contributed by atoms with E-state index in [1.165, 1.54) is 0 Å². The van der Waals surface area contributed by atoms with Gasteiger partial charge in [0.25, 0.3) is 5.91 Å². The molecule has 0 saturated heterocycles. The predicted octanol–water partition coefficient (Wildman–Crippen LogP) is 2.58. The molecular formula is C22H20N6O2. The fraction of sp³-hybridized carbons (Fsp3) is 0.182. The third-order valence-corrected chi connectivity index (χ3v) is 5.16. The van der Waals surface area contributed by atoms with Gasteiger partial charge in [-0.3, -0.25) is 9.20 Å². The maximum Gasteiger partial charge on any atom is 0.250 e. The van der Waals surface area contributed by atoms with Gasteiger partial charge < -0.3 is 15.8 Å². The van der Waals surface area contributed by atoms with E-state index in [0.717, 1.165) is 22.6 Å². The van der Waals surface area contributed by atoms with Crippen LogP contribution in [0, 0.1) is 0 Å². The molecule has 0 bridgehead atoms. The number of nitrogens with zero attached hydrogens (tertiary/aromatic N) is 4. The van der Waals surface area contributed by atoms with E-state index in [4.69, 9.17) is 20.4 Å². The Balaban J connectivity index is 1.58. The molecule has 5 rings (SSSR count). The normalized spacial score (nSPS) is 13.2. The second kappa shape index (κ2) is 7.57. The minimum Gasteiger partial charge on any atom is -0.376 e. The highest BCUT2D eigenvalue weighted by Crippen LogP contribution is 2.27. The van der Waals surface area contributed by atoms with Crippen LogP contribution in [0.5, 0.6) is 0 Å². The summed E-state index contributed by atoms with van der Waals surface area (Å²) in [5.41, 5.74) is 9.61. The van der Waals surface area contributed by atoms with E-state index < -0.39 is 5.91 Å². The van der Waals surface area contributed by atoms with Crippen LogP contribution in [0.1, 0.15) is 27.2 Å². The number of carbonyl (C=O) groups is 1. The molecule has 0 aliphatic carbocycles. The molecule has 0 unspecified atom stereocenters. The fourth-order valence-corrected chi connectivity index (χ4v) is 3.66. The van der Waals surface area contributed by atoms with Gasteiger partial charge in [-0.25, -0.2) is 15.0 Å². The average molecular weight is 400 g/mol. The van der Waals surface area contributed by atoms with Gasteiger partial charge >= 0.3 is 0 Å². The van der Waals surface area contributed by atoms with Crippen molar-refractivity contribution in [1.82, 2.24) is 19.4 Å². The third-order valence-electron chi connectivity index (χ3n) is 5.16. The average Bonchev–Trinajstić information content (AvgIpc) is 3.22. The summed E-state index contributed by atoms with van der Waals surface area (Å²) in [6.07, 6.45) is 4.16. The van der Waals surface area contributed by atoms with Crippen molar-refractivity contribution in [2.75, 3.05) is 11.9 Å². The lowest BCUT2D eigenvalue weighted by Crippen LogP contribution is -2.17. The van der Waals surface area contributed by atoms with Gasteiger partial charge in [-0.1, -0.05) is 30.3 Å². The lowest BCUT2D eigenvalue weighted by atomic mass is 10.1. The first kappa shape index (κ1) is 18.3. The molecule has 8 nitrogen and oxygen atoms in total. The minimum absolute atomic E-state index is 0.407. The number of primary amides is 1. The zero-order valence-electron chi connectivity index (χ0n) is 16.2. The van der Waals surface area contributed by atoms with Gasteiger partial charge in [0.2, 0.25) is 0 Å². The Bertz CT molecular complexity index is 1240. The number of hydrogen-bond acceptors (Lipinski definition) is 6. The van der Waals surface area contributed by atoms with Crippen molar-refractivity contribution in [3.63, 3.8) is 0 Å². The molecule has 3 aromatic heterocycles. The summed E-state index contributed by atoms with van der Waals surface area (Å²) in [6.45, 7) is 1.73. The number of benzene rings is 1. The molecule has 0 spiro atoms. The number of pyridine rings is 1. The predicted molar refractivity (Wildman–Crippen MR) is 112 cm³/mol. The number of rotatable bonds is 5. The molecule has 3 N–H and O–H groups in total. The zero-order valence-corrected chi connectivity index (χ0v) is 16.2. The second-order valence-electron chi connectivity index (χ2n) is 7.09. The molecule has 0 saturated carbocycles. The van der Waals surface area contributed by atoms with Gasteiger partial charge in [-0.05, 0) is 17.7 Å². The Morgan fingerprint density at radius 2 is 2.03 bits per heavy atom. The number of nitrogens with one attached hydrogen (secondary N) is 1. The molecule has 4 aromatic rings. The number of fused-ring (bicyclic) bond motifs is 2. The van der Waals surface area contributed by atoms with Crippen molar-refractivity contribution >= 4 is 17.2 Å². The van der Waals surface area contributed by atoms with Crippen molar-refractivity contribution in [3.8, 4) is 11.6 Å². The van der Waals surface area contributed by atoms with Gasteiger partial charge in [-0.2, -0.15) is 0 Å². The molecule has 1 amide bonds. The van der Waals surface area contributed by atoms with E-state index in [2.05, 4.69) is 22.4 Å². The first-order chi connectivity index (χ1) is 14.7. The maximum absolute atomic E-state index is 11.8. The lowest BCUT2D eigenvalue weighted by Gasteiger charge is -2.20. The van der Waals surface area contributed by atoms with Gasteiger partial charge in [0.05, 0.1) is 36.2 Å². The van der Waals surface area contributed by atoms with Crippen molar-refractivity contribution in [2.24, 2.45) is 5.73 Å². The molecular weight excluding hydrogens is 380 g/mol. The number of hydrogen-bond donors (Lipinski definition) is 2. The van der Waals surface area contributed by atoms with E-state index in [-0.39, 0.29) is 0 Å². The summed E-state index contributed by atoms with van der Waals surface area (Å²) in [7, 11) is 0. The van der Waals surface area contributed by atoms with E-state index in [9.17, 15) is 4.79 Å². The van der Waals surface area contributed by atoms with Crippen LogP contribution in [0.4, 0.5) is 5.82 Å². The number of aromatic nitrogens is 4. The van der Waals surface area contributed by atoms with Crippen LogP contribution in [0.3, 0.4) is 0 Å². The molecule has 30 heavy (non-hydrogen) atoms. The lowest BCUT2D eigenvalue weighted by molar-refractivity contribution is 0.100. The van der Waals surface area contributed by atoms with E-state index in [1.54, 1.807) is 22.7 Å². The number of amides is 1. The molecule has 4 heterocycles. The van der Waals surface area contributed by atoms with E-state index >= 15 is 0 Å². The number of carbonyl (C=O) groups excluding carboxylic acids is 1. The van der Waals surface area contributed by atoms with Gasteiger partial charge in [0.1, 0.15) is 5.82 Å². The number of anilines is 1. The highest BCUT2D eigenvalue weighted by molar-refractivity contribution is 5.99. The fourth-order valence-electron chi connectivity index (χ4n) is 3.66. The minimum atomic E-state index is -0.499. The Labute approximate surface area is 172 Å². The van der Waals surface area contributed by atoms with Crippen LogP contribution >= 0.6 is 0 Å². The van der Waals surface area contributed by atoms with Crippen LogP contribution in [0.2, 0.25) is 0 Å². The molecule has 0 radical (unpaired) electrons. The molecule has 1 aliphatic rings. The molecule has 1 aliphatic heterocycles. The van der Waals surface area contributed by atoms with Crippen LogP contribution in [-0.4, -0.2) is 31.9 Å². The number of imidazole rings is 1. The number of nitrogens with two attached hydrogens (primary N) is 1. The van der Waals surface area contributed by atoms with Gasteiger partial charge in [-0.15, -0.1) is 0 Å². The molecule has 1 aromatic carbocycles. The third kappa shape index (κ3) is 3.27. The SMILES string of the molecule is NC(=O)c1cccn2c(-c3nc4c(c(NCc5ccccc5)n3)COCC4)ncc12. The Morgan fingerprint density at radius 1 is 1.17 bits per heavy atom. The molecule has 150 valence electrons. The van der Waals surface area contributed by atoms with Crippen molar-refractivity contribution in [3.05, 3.63) is 77.2 Å². The largest absolute Gasteiger partial charge is 0.376 e. The first-order valence-corrected chi connectivity index (χ1v) is 9.72. The summed E-state index contributed by atoms with van der Waals surface area (Å²) >= 11 is 0. The summed E-state index contributed by atoms with van der Waals surface area (Å²) in [4.78, 5) is 25.8. The van der Waals surface area contributed by atoms with Crippen molar-refractivity contribution < 1.29 is 9.53 Å². The summed E-state index contributed by atoms with van der Waals surface area (Å²) < 4.78 is 7.43. The first-order valence-electron chi connectivity index (χ1n) is 9.72.